The van der Waals surface area contributed by atoms with Crippen LogP contribution in [0.3, 0.4) is 0 Å². The van der Waals surface area contributed by atoms with Gasteiger partial charge in [-0.25, -0.2) is 0 Å². The van der Waals surface area contributed by atoms with Crippen molar-refractivity contribution in [2.45, 2.75) is 51.6 Å². The lowest BCUT2D eigenvalue weighted by atomic mass is 9.83. The van der Waals surface area contributed by atoms with Gasteiger partial charge in [-0.3, -0.25) is 0 Å². The van der Waals surface area contributed by atoms with Crippen LogP contribution in [0.1, 0.15) is 45.4 Å². The minimum absolute atomic E-state index is 0.435. The molecule has 0 aliphatic heterocycles. The van der Waals surface area contributed by atoms with Crippen molar-refractivity contribution < 1.29 is 4.74 Å². The molecular weight excluding hydrogens is 174 g/mol. The van der Waals surface area contributed by atoms with Gasteiger partial charge >= 0.3 is 0 Å². The Morgan fingerprint density at radius 2 is 2.21 bits per heavy atom. The average molecular weight is 199 g/mol. The number of hydrogen-bond donors (Lipinski definition) is 1. The number of nitrogens with one attached hydrogen (secondary N) is 1. The first-order valence-corrected chi connectivity index (χ1v) is 6.13. The van der Waals surface area contributed by atoms with Crippen LogP contribution in [0.4, 0.5) is 0 Å². The van der Waals surface area contributed by atoms with Gasteiger partial charge in [-0.15, -0.1) is 0 Å². The molecule has 0 bridgehead atoms. The molecule has 1 aliphatic carbocycles. The molecule has 0 radical (unpaired) electrons. The Morgan fingerprint density at radius 3 is 2.71 bits per heavy atom. The van der Waals surface area contributed by atoms with E-state index < -0.39 is 0 Å². The third kappa shape index (κ3) is 4.43. The van der Waals surface area contributed by atoms with Crippen LogP contribution in [0.2, 0.25) is 0 Å². The number of ether oxygens (including phenoxy) is 1. The number of hydrogen-bond acceptors (Lipinski definition) is 2. The van der Waals surface area contributed by atoms with Crippen molar-refractivity contribution in [3.8, 4) is 0 Å². The highest BCUT2D eigenvalue weighted by Crippen LogP contribution is 2.29. The molecule has 1 saturated carbocycles. The van der Waals surface area contributed by atoms with Gasteiger partial charge in [0, 0.05) is 13.2 Å². The first kappa shape index (κ1) is 12.0. The molecule has 1 fully saturated rings. The van der Waals surface area contributed by atoms with Gasteiger partial charge in [-0.05, 0) is 25.8 Å². The summed E-state index contributed by atoms with van der Waals surface area (Å²) in [6.45, 7) is 4.19. The number of rotatable bonds is 8. The summed E-state index contributed by atoms with van der Waals surface area (Å²) in [5.41, 5.74) is 0. The monoisotopic (exact) mass is 199 g/mol. The molecule has 0 amide bonds. The summed E-state index contributed by atoms with van der Waals surface area (Å²) >= 11 is 0. The standard InChI is InChI=1S/C12H25NO/c1-3-5-12(10-13-2)14-9-8-11-6-4-7-11/h11-13H,3-10H2,1-2H3. The van der Waals surface area contributed by atoms with Crippen molar-refractivity contribution in [2.75, 3.05) is 20.2 Å². The molecule has 84 valence electrons. The van der Waals surface area contributed by atoms with Gasteiger partial charge in [0.25, 0.3) is 0 Å². The van der Waals surface area contributed by atoms with E-state index >= 15 is 0 Å². The molecule has 0 aromatic heterocycles. The summed E-state index contributed by atoms with van der Waals surface area (Å²) in [7, 11) is 2.00. The lowest BCUT2D eigenvalue weighted by Gasteiger charge is -2.26. The highest BCUT2D eigenvalue weighted by atomic mass is 16.5. The van der Waals surface area contributed by atoms with E-state index in [0.29, 0.717) is 6.10 Å². The average Bonchev–Trinajstić information content (AvgIpc) is 2.10. The zero-order valence-electron chi connectivity index (χ0n) is 9.72. The van der Waals surface area contributed by atoms with Gasteiger partial charge in [0.1, 0.15) is 0 Å². The molecule has 14 heavy (non-hydrogen) atoms. The summed E-state index contributed by atoms with van der Waals surface area (Å²) < 4.78 is 5.87. The Bertz CT molecular complexity index is 128. The van der Waals surface area contributed by atoms with Gasteiger partial charge in [0.2, 0.25) is 0 Å². The number of likely N-dealkylation sites (N-methyl/N-ethyl adjacent to an activating group) is 1. The van der Waals surface area contributed by atoms with Crippen molar-refractivity contribution in [1.29, 1.82) is 0 Å². The first-order chi connectivity index (χ1) is 6.86. The Labute approximate surface area is 88.4 Å². The summed E-state index contributed by atoms with van der Waals surface area (Å²) in [6.07, 6.45) is 8.44. The van der Waals surface area contributed by atoms with Crippen molar-refractivity contribution in [1.82, 2.24) is 5.32 Å². The minimum atomic E-state index is 0.435. The molecule has 0 spiro atoms. The summed E-state index contributed by atoms with van der Waals surface area (Å²) in [5, 5.41) is 3.19. The third-order valence-electron chi connectivity index (χ3n) is 3.15. The van der Waals surface area contributed by atoms with E-state index in [0.717, 1.165) is 19.1 Å². The van der Waals surface area contributed by atoms with Gasteiger partial charge in [-0.1, -0.05) is 32.6 Å². The fourth-order valence-electron chi connectivity index (χ4n) is 1.98. The molecule has 1 atom stereocenters. The van der Waals surface area contributed by atoms with Crippen LogP contribution in [-0.2, 0) is 4.74 Å². The molecule has 0 saturated heterocycles. The van der Waals surface area contributed by atoms with E-state index in [4.69, 9.17) is 4.74 Å². The molecule has 0 aromatic rings. The first-order valence-electron chi connectivity index (χ1n) is 6.13. The van der Waals surface area contributed by atoms with Crippen LogP contribution in [0.5, 0.6) is 0 Å². The van der Waals surface area contributed by atoms with Crippen molar-refractivity contribution in [3.63, 3.8) is 0 Å². The van der Waals surface area contributed by atoms with Crippen LogP contribution in [0, 0.1) is 5.92 Å². The Balaban J connectivity index is 1.99. The summed E-state index contributed by atoms with van der Waals surface area (Å²) in [4.78, 5) is 0. The largest absolute Gasteiger partial charge is 0.377 e. The van der Waals surface area contributed by atoms with Crippen LogP contribution in [0.15, 0.2) is 0 Å². The predicted molar refractivity (Wildman–Crippen MR) is 60.5 cm³/mol. The zero-order chi connectivity index (χ0) is 10.2. The van der Waals surface area contributed by atoms with Crippen LogP contribution in [0.25, 0.3) is 0 Å². The maximum atomic E-state index is 5.87. The van der Waals surface area contributed by atoms with Crippen molar-refractivity contribution >= 4 is 0 Å². The fourth-order valence-corrected chi connectivity index (χ4v) is 1.98. The van der Waals surface area contributed by atoms with Gasteiger partial charge in [-0.2, -0.15) is 0 Å². The summed E-state index contributed by atoms with van der Waals surface area (Å²) in [5.74, 6) is 0.979. The topological polar surface area (TPSA) is 21.3 Å². The fraction of sp³-hybridized carbons (Fsp3) is 1.00. The summed E-state index contributed by atoms with van der Waals surface area (Å²) in [6, 6.07) is 0. The highest BCUT2D eigenvalue weighted by Gasteiger charge is 2.17. The molecule has 2 heteroatoms. The molecule has 1 rings (SSSR count). The lowest BCUT2D eigenvalue weighted by Crippen LogP contribution is -2.27. The second-order valence-electron chi connectivity index (χ2n) is 4.42. The van der Waals surface area contributed by atoms with Crippen molar-refractivity contribution in [2.24, 2.45) is 5.92 Å². The maximum absolute atomic E-state index is 5.87. The molecule has 0 heterocycles. The van der Waals surface area contributed by atoms with Crippen LogP contribution in [-0.4, -0.2) is 26.3 Å². The molecular formula is C12H25NO. The van der Waals surface area contributed by atoms with Crippen LogP contribution >= 0.6 is 0 Å². The van der Waals surface area contributed by atoms with E-state index in [2.05, 4.69) is 12.2 Å². The van der Waals surface area contributed by atoms with E-state index in [1.807, 2.05) is 7.05 Å². The van der Waals surface area contributed by atoms with E-state index in [-0.39, 0.29) is 0 Å². The quantitative estimate of drug-likeness (QED) is 0.649. The minimum Gasteiger partial charge on any atom is -0.377 e. The van der Waals surface area contributed by atoms with Gasteiger partial charge in [0.05, 0.1) is 6.10 Å². The Hall–Kier alpha value is -0.0800. The zero-order valence-corrected chi connectivity index (χ0v) is 9.72. The molecule has 1 aliphatic rings. The normalized spacial score (nSPS) is 19.3. The van der Waals surface area contributed by atoms with E-state index in [9.17, 15) is 0 Å². The maximum Gasteiger partial charge on any atom is 0.0699 e. The van der Waals surface area contributed by atoms with Gasteiger partial charge < -0.3 is 10.1 Å². The van der Waals surface area contributed by atoms with Crippen molar-refractivity contribution in [3.05, 3.63) is 0 Å². The SMILES string of the molecule is CCCC(CNC)OCCC1CCC1. The molecule has 2 nitrogen and oxygen atoms in total. The molecule has 1 N–H and O–H groups in total. The van der Waals surface area contributed by atoms with E-state index in [1.165, 1.54) is 38.5 Å². The third-order valence-corrected chi connectivity index (χ3v) is 3.15. The van der Waals surface area contributed by atoms with E-state index in [1.54, 1.807) is 0 Å². The smallest absolute Gasteiger partial charge is 0.0699 e. The second-order valence-corrected chi connectivity index (χ2v) is 4.42. The lowest BCUT2D eigenvalue weighted by molar-refractivity contribution is 0.0338. The van der Waals surface area contributed by atoms with Crippen LogP contribution < -0.4 is 5.32 Å². The predicted octanol–water partition coefficient (Wildman–Crippen LogP) is 2.58. The molecule has 1 unspecified atom stereocenters. The molecule has 0 aromatic carbocycles. The van der Waals surface area contributed by atoms with Gasteiger partial charge in [0.15, 0.2) is 0 Å². The Kier molecular flexibility index (Phi) is 6.20. The Morgan fingerprint density at radius 1 is 1.43 bits per heavy atom. The highest BCUT2D eigenvalue weighted by molar-refractivity contribution is 4.69. The second kappa shape index (κ2) is 7.24.